The predicted molar refractivity (Wildman–Crippen MR) is 130 cm³/mol. The van der Waals surface area contributed by atoms with Crippen LogP contribution in [0.15, 0.2) is 41.1 Å². The van der Waals surface area contributed by atoms with E-state index in [4.69, 9.17) is 9.26 Å². The molecule has 2 aromatic heterocycles. The van der Waals surface area contributed by atoms with Crippen LogP contribution in [0.5, 0.6) is 5.75 Å². The molecule has 0 saturated carbocycles. The lowest BCUT2D eigenvalue weighted by atomic mass is 9.89. The molecule has 0 aliphatic carbocycles. The number of rotatable bonds is 6. The molecule has 0 bridgehead atoms. The Hall–Kier alpha value is -2.94. The summed E-state index contributed by atoms with van der Waals surface area (Å²) in [6, 6.07) is 9.67. The van der Waals surface area contributed by atoms with Crippen molar-refractivity contribution in [2.75, 3.05) is 24.2 Å². The van der Waals surface area contributed by atoms with Gasteiger partial charge in [0.1, 0.15) is 11.9 Å². The van der Waals surface area contributed by atoms with Crippen LogP contribution in [0.3, 0.4) is 0 Å². The number of benzene rings is 1. The first kappa shape index (κ1) is 22.8. The van der Waals surface area contributed by atoms with Gasteiger partial charge in [0.15, 0.2) is 9.84 Å². The van der Waals surface area contributed by atoms with Crippen LogP contribution in [-0.4, -0.2) is 49.0 Å². The maximum atomic E-state index is 11.5. The number of nitrogens with zero attached hydrogens (tertiary/aromatic N) is 4. The second-order valence-electron chi connectivity index (χ2n) is 9.72. The van der Waals surface area contributed by atoms with Crippen molar-refractivity contribution >= 4 is 15.8 Å². The van der Waals surface area contributed by atoms with Crippen LogP contribution in [0.25, 0.3) is 11.3 Å². The summed E-state index contributed by atoms with van der Waals surface area (Å²) in [5.74, 6) is 2.98. The Bertz CT molecular complexity index is 1260. The third kappa shape index (κ3) is 4.94. The van der Waals surface area contributed by atoms with Gasteiger partial charge in [-0.15, -0.1) is 0 Å². The van der Waals surface area contributed by atoms with E-state index in [0.717, 1.165) is 54.9 Å². The summed E-state index contributed by atoms with van der Waals surface area (Å²) in [5.41, 5.74) is 3.81. The molecule has 0 amide bonds. The molecular weight excluding hydrogens is 452 g/mol. The van der Waals surface area contributed by atoms with Crippen molar-refractivity contribution in [3.8, 4) is 17.0 Å². The number of hydrogen-bond acceptors (Lipinski definition) is 8. The number of ether oxygens (including phenoxy) is 1. The maximum Gasteiger partial charge on any atom is 0.266 e. The van der Waals surface area contributed by atoms with Crippen LogP contribution < -0.4 is 9.64 Å². The molecule has 180 valence electrons. The number of anilines is 1. The van der Waals surface area contributed by atoms with E-state index < -0.39 is 9.84 Å². The first-order chi connectivity index (χ1) is 16.2. The van der Waals surface area contributed by atoms with Gasteiger partial charge in [-0.2, -0.15) is 4.98 Å². The minimum atomic E-state index is -3.05. The minimum Gasteiger partial charge on any atom is -0.488 e. The fraction of sp³-hybridized carbons (Fsp3) is 0.480. The minimum absolute atomic E-state index is 0.0465. The number of hydrogen-bond donors (Lipinski definition) is 0. The third-order valence-corrected chi connectivity index (χ3v) is 7.46. The molecule has 2 aliphatic rings. The molecule has 1 saturated heterocycles. The summed E-state index contributed by atoms with van der Waals surface area (Å²) in [5, 5.41) is 4.15. The SMILES string of the molecule is CC(C)c1nc(N2CCC(C3Cc4cc(-c5ccc(CS(C)(=O)=O)cc5)ncc4O3)CC2)no1. The largest absolute Gasteiger partial charge is 0.488 e. The lowest BCUT2D eigenvalue weighted by Gasteiger charge is -2.33. The molecule has 2 aliphatic heterocycles. The lowest BCUT2D eigenvalue weighted by molar-refractivity contribution is 0.138. The quantitative estimate of drug-likeness (QED) is 0.520. The Balaban J connectivity index is 1.21. The highest BCUT2D eigenvalue weighted by Crippen LogP contribution is 2.37. The number of piperidine rings is 1. The van der Waals surface area contributed by atoms with Gasteiger partial charge in [-0.1, -0.05) is 38.1 Å². The molecule has 0 spiro atoms. The summed E-state index contributed by atoms with van der Waals surface area (Å²) >= 11 is 0. The van der Waals surface area contributed by atoms with Crippen LogP contribution >= 0.6 is 0 Å². The molecule has 1 aromatic carbocycles. The van der Waals surface area contributed by atoms with Gasteiger partial charge < -0.3 is 14.2 Å². The average molecular weight is 483 g/mol. The zero-order valence-electron chi connectivity index (χ0n) is 19.8. The topological polar surface area (TPSA) is 98.4 Å². The van der Waals surface area contributed by atoms with Crippen molar-refractivity contribution < 1.29 is 17.7 Å². The van der Waals surface area contributed by atoms with Gasteiger partial charge >= 0.3 is 0 Å². The van der Waals surface area contributed by atoms with Crippen LogP contribution in [0.2, 0.25) is 0 Å². The molecule has 1 fully saturated rings. The van der Waals surface area contributed by atoms with Gasteiger partial charge in [0.05, 0.1) is 17.6 Å². The summed E-state index contributed by atoms with van der Waals surface area (Å²) in [7, 11) is -3.05. The smallest absolute Gasteiger partial charge is 0.266 e. The molecule has 0 radical (unpaired) electrons. The molecule has 1 atom stereocenters. The van der Waals surface area contributed by atoms with Crippen molar-refractivity contribution in [3.05, 3.63) is 53.5 Å². The lowest BCUT2D eigenvalue weighted by Crippen LogP contribution is -2.39. The van der Waals surface area contributed by atoms with Gasteiger partial charge in [0.2, 0.25) is 5.89 Å². The first-order valence-electron chi connectivity index (χ1n) is 11.8. The standard InChI is InChI=1S/C25H30N4O4S/c1-16(2)24-27-25(28-33-24)29-10-8-19(9-11-29)22-13-20-12-21(26-14-23(20)32-22)18-6-4-17(5-7-18)15-34(3,30)31/h4-7,12,14,16,19,22H,8-11,13,15H2,1-3H3. The monoisotopic (exact) mass is 482 g/mol. The molecular formula is C25H30N4O4S. The zero-order chi connectivity index (χ0) is 23.9. The highest BCUT2D eigenvalue weighted by Gasteiger charge is 2.34. The number of sulfone groups is 1. The Kier molecular flexibility index (Phi) is 6.06. The van der Waals surface area contributed by atoms with E-state index in [1.54, 1.807) is 0 Å². The number of aromatic nitrogens is 3. The van der Waals surface area contributed by atoms with Crippen molar-refractivity contribution in [1.29, 1.82) is 0 Å². The Labute approximate surface area is 200 Å². The van der Waals surface area contributed by atoms with Gasteiger partial charge in [0, 0.05) is 42.8 Å². The van der Waals surface area contributed by atoms with E-state index in [9.17, 15) is 8.42 Å². The van der Waals surface area contributed by atoms with Crippen molar-refractivity contribution in [1.82, 2.24) is 15.1 Å². The summed E-state index contributed by atoms with van der Waals surface area (Å²) in [6.45, 7) is 5.88. The molecule has 4 heterocycles. The molecule has 0 N–H and O–H groups in total. The van der Waals surface area contributed by atoms with Crippen LogP contribution in [0.4, 0.5) is 5.95 Å². The summed E-state index contributed by atoms with van der Waals surface area (Å²) in [4.78, 5) is 11.3. The molecule has 1 unspecified atom stereocenters. The molecule has 5 rings (SSSR count). The third-order valence-electron chi connectivity index (χ3n) is 6.60. The van der Waals surface area contributed by atoms with E-state index >= 15 is 0 Å². The Morgan fingerprint density at radius 3 is 2.53 bits per heavy atom. The number of pyridine rings is 1. The van der Waals surface area contributed by atoms with E-state index in [1.165, 1.54) is 11.8 Å². The second-order valence-corrected chi connectivity index (χ2v) is 11.9. The van der Waals surface area contributed by atoms with Crippen LogP contribution in [0, 0.1) is 5.92 Å². The average Bonchev–Trinajstić information content (AvgIpc) is 3.46. The van der Waals surface area contributed by atoms with E-state index in [2.05, 4.69) is 26.1 Å². The van der Waals surface area contributed by atoms with E-state index in [0.29, 0.717) is 17.8 Å². The van der Waals surface area contributed by atoms with Crippen molar-refractivity contribution in [3.63, 3.8) is 0 Å². The Morgan fingerprint density at radius 1 is 1.15 bits per heavy atom. The predicted octanol–water partition coefficient (Wildman–Crippen LogP) is 4.02. The van der Waals surface area contributed by atoms with E-state index in [1.807, 2.05) is 44.3 Å². The molecule has 3 aromatic rings. The Morgan fingerprint density at radius 2 is 1.88 bits per heavy atom. The van der Waals surface area contributed by atoms with Crippen molar-refractivity contribution in [2.24, 2.45) is 5.92 Å². The molecule has 8 nitrogen and oxygen atoms in total. The fourth-order valence-corrected chi connectivity index (χ4v) is 5.53. The van der Waals surface area contributed by atoms with Gasteiger partial charge in [-0.05, 0) is 35.5 Å². The maximum absolute atomic E-state index is 11.5. The fourth-order valence-electron chi connectivity index (χ4n) is 4.73. The first-order valence-corrected chi connectivity index (χ1v) is 13.8. The zero-order valence-corrected chi connectivity index (χ0v) is 20.6. The van der Waals surface area contributed by atoms with Gasteiger partial charge in [-0.25, -0.2) is 8.42 Å². The molecule has 9 heteroatoms. The highest BCUT2D eigenvalue weighted by molar-refractivity contribution is 7.89. The molecule has 34 heavy (non-hydrogen) atoms. The van der Waals surface area contributed by atoms with Crippen molar-refractivity contribution in [2.45, 2.75) is 50.9 Å². The summed E-state index contributed by atoms with van der Waals surface area (Å²) < 4.78 is 34.7. The van der Waals surface area contributed by atoms with E-state index in [-0.39, 0.29) is 17.8 Å². The number of fused-ring (bicyclic) bond motifs is 1. The van der Waals surface area contributed by atoms with Crippen LogP contribution in [-0.2, 0) is 22.0 Å². The summed E-state index contributed by atoms with van der Waals surface area (Å²) in [6.07, 6.45) is 6.14. The second kappa shape index (κ2) is 9.02. The van der Waals surface area contributed by atoms with Gasteiger partial charge in [-0.3, -0.25) is 4.98 Å². The van der Waals surface area contributed by atoms with Crippen LogP contribution in [0.1, 0.15) is 49.6 Å². The highest BCUT2D eigenvalue weighted by atomic mass is 32.2. The normalized spacial score (nSPS) is 18.8. The van der Waals surface area contributed by atoms with Gasteiger partial charge in [0.25, 0.3) is 5.95 Å².